The van der Waals surface area contributed by atoms with Gasteiger partial charge in [0.1, 0.15) is 11.0 Å². The van der Waals surface area contributed by atoms with Crippen LogP contribution < -0.4 is 4.90 Å². The number of anilines is 1. The molecule has 1 aliphatic heterocycles. The van der Waals surface area contributed by atoms with Crippen LogP contribution in [-0.4, -0.2) is 42.5 Å². The molecule has 0 aromatic carbocycles. The molecule has 5 heteroatoms. The molecule has 1 N–H and O–H groups in total. The van der Waals surface area contributed by atoms with Gasteiger partial charge in [0.05, 0.1) is 5.60 Å². The second-order valence-electron chi connectivity index (χ2n) is 4.51. The topological polar surface area (TPSA) is 45.6 Å². The van der Waals surface area contributed by atoms with Gasteiger partial charge in [-0.25, -0.2) is 4.98 Å². The number of nitrogens with zero attached hydrogens (tertiary/aromatic N) is 2. The highest BCUT2D eigenvalue weighted by atomic mass is 35.5. The first kappa shape index (κ1) is 12.6. The molecule has 94 valence electrons. The van der Waals surface area contributed by atoms with Gasteiger partial charge in [-0.15, -0.1) is 0 Å². The van der Waals surface area contributed by atoms with E-state index in [1.54, 1.807) is 6.07 Å². The van der Waals surface area contributed by atoms with Crippen LogP contribution in [0.4, 0.5) is 5.82 Å². The fourth-order valence-corrected chi connectivity index (χ4v) is 2.20. The summed E-state index contributed by atoms with van der Waals surface area (Å²) in [7, 11) is 1.91. The van der Waals surface area contributed by atoms with Gasteiger partial charge in [-0.2, -0.15) is 0 Å². The Morgan fingerprint density at radius 2 is 2.18 bits per heavy atom. The monoisotopic (exact) mass is 256 g/mol. The molecule has 2 rings (SSSR count). The highest BCUT2D eigenvalue weighted by Crippen LogP contribution is 2.23. The Labute approximate surface area is 106 Å². The van der Waals surface area contributed by atoms with E-state index in [4.69, 9.17) is 16.3 Å². The number of hydrogen-bond acceptors (Lipinski definition) is 4. The van der Waals surface area contributed by atoms with Gasteiger partial charge < -0.3 is 14.7 Å². The van der Waals surface area contributed by atoms with Crippen molar-refractivity contribution >= 4 is 17.4 Å². The maximum Gasteiger partial charge on any atom is 0.131 e. The summed E-state index contributed by atoms with van der Waals surface area (Å²) in [4.78, 5) is 6.15. The number of hydrogen-bond donors (Lipinski definition) is 1. The quantitative estimate of drug-likeness (QED) is 0.837. The largest absolute Gasteiger partial charge is 0.388 e. The zero-order valence-corrected chi connectivity index (χ0v) is 10.7. The summed E-state index contributed by atoms with van der Waals surface area (Å²) in [6.07, 6.45) is 1.33. The fourth-order valence-electron chi connectivity index (χ4n) is 2.04. The Bertz CT molecular complexity index is 381. The Kier molecular flexibility index (Phi) is 3.86. The van der Waals surface area contributed by atoms with Crippen LogP contribution in [0.3, 0.4) is 0 Å². The van der Waals surface area contributed by atoms with E-state index < -0.39 is 5.60 Å². The molecular weight excluding hydrogens is 240 g/mol. The van der Waals surface area contributed by atoms with Crippen LogP contribution in [0.1, 0.15) is 12.8 Å². The van der Waals surface area contributed by atoms with Crippen LogP contribution >= 0.6 is 11.6 Å². The van der Waals surface area contributed by atoms with Crippen molar-refractivity contribution in [3.63, 3.8) is 0 Å². The number of rotatable bonds is 3. The summed E-state index contributed by atoms with van der Waals surface area (Å²) < 4.78 is 5.26. The Morgan fingerprint density at radius 1 is 1.47 bits per heavy atom. The van der Waals surface area contributed by atoms with Crippen LogP contribution in [0.2, 0.25) is 5.15 Å². The number of pyridine rings is 1. The lowest BCUT2D eigenvalue weighted by Gasteiger charge is -2.35. The smallest absolute Gasteiger partial charge is 0.131 e. The fraction of sp³-hybridized carbons (Fsp3) is 0.583. The summed E-state index contributed by atoms with van der Waals surface area (Å²) in [5.74, 6) is 0.775. The van der Waals surface area contributed by atoms with Crippen molar-refractivity contribution in [1.82, 2.24) is 4.98 Å². The SMILES string of the molecule is CN(CC1(O)CCOCC1)c1cccc(Cl)n1. The molecule has 1 aromatic rings. The Balaban J connectivity index is 2.03. The average molecular weight is 257 g/mol. The Morgan fingerprint density at radius 3 is 2.82 bits per heavy atom. The van der Waals surface area contributed by atoms with Crippen LogP contribution in [-0.2, 0) is 4.74 Å². The highest BCUT2D eigenvalue weighted by molar-refractivity contribution is 6.29. The summed E-state index contributed by atoms with van der Waals surface area (Å²) in [6, 6.07) is 5.48. The van der Waals surface area contributed by atoms with E-state index in [0.717, 1.165) is 5.82 Å². The maximum atomic E-state index is 10.4. The van der Waals surface area contributed by atoms with Crippen LogP contribution in [0.25, 0.3) is 0 Å². The van der Waals surface area contributed by atoms with E-state index in [0.29, 0.717) is 37.8 Å². The zero-order valence-electron chi connectivity index (χ0n) is 9.90. The lowest BCUT2D eigenvalue weighted by atomic mass is 9.94. The first-order valence-electron chi connectivity index (χ1n) is 5.73. The van der Waals surface area contributed by atoms with E-state index in [-0.39, 0.29) is 0 Å². The molecule has 0 saturated carbocycles. The second-order valence-corrected chi connectivity index (χ2v) is 4.90. The molecule has 0 unspecified atom stereocenters. The molecule has 4 nitrogen and oxygen atoms in total. The van der Waals surface area contributed by atoms with Crippen molar-refractivity contribution in [1.29, 1.82) is 0 Å². The first-order valence-corrected chi connectivity index (χ1v) is 6.11. The molecule has 0 spiro atoms. The minimum atomic E-state index is -0.684. The van der Waals surface area contributed by atoms with Gasteiger partial charge in [0, 0.05) is 39.6 Å². The second kappa shape index (κ2) is 5.21. The van der Waals surface area contributed by atoms with E-state index in [1.807, 2.05) is 24.1 Å². The predicted molar refractivity (Wildman–Crippen MR) is 67.5 cm³/mol. The number of likely N-dealkylation sites (N-methyl/N-ethyl adjacent to an activating group) is 1. The summed E-state index contributed by atoms with van der Waals surface area (Å²) in [5.41, 5.74) is -0.684. The molecule has 1 fully saturated rings. The summed E-state index contributed by atoms with van der Waals surface area (Å²) in [6.45, 7) is 1.78. The number of ether oxygens (including phenoxy) is 1. The molecule has 17 heavy (non-hydrogen) atoms. The lowest BCUT2D eigenvalue weighted by molar-refractivity contribution is -0.0573. The van der Waals surface area contributed by atoms with Crippen LogP contribution in [0.15, 0.2) is 18.2 Å². The Hall–Kier alpha value is -0.840. The molecule has 1 aromatic heterocycles. The van der Waals surface area contributed by atoms with E-state index in [1.165, 1.54) is 0 Å². The number of aromatic nitrogens is 1. The van der Waals surface area contributed by atoms with Crippen molar-refractivity contribution in [2.45, 2.75) is 18.4 Å². The van der Waals surface area contributed by atoms with Crippen molar-refractivity contribution in [2.75, 3.05) is 31.7 Å². The third kappa shape index (κ3) is 3.31. The van der Waals surface area contributed by atoms with Crippen molar-refractivity contribution in [3.8, 4) is 0 Å². The van der Waals surface area contributed by atoms with E-state index in [9.17, 15) is 5.11 Å². The molecular formula is C12H17ClN2O2. The van der Waals surface area contributed by atoms with Gasteiger partial charge in [-0.05, 0) is 12.1 Å². The highest BCUT2D eigenvalue weighted by Gasteiger charge is 2.31. The summed E-state index contributed by atoms with van der Waals surface area (Å²) >= 11 is 5.85. The number of aliphatic hydroxyl groups is 1. The molecule has 1 saturated heterocycles. The molecule has 0 radical (unpaired) electrons. The van der Waals surface area contributed by atoms with Crippen LogP contribution in [0, 0.1) is 0 Å². The van der Waals surface area contributed by atoms with Gasteiger partial charge >= 0.3 is 0 Å². The molecule has 0 aliphatic carbocycles. The van der Waals surface area contributed by atoms with Gasteiger partial charge in [0.15, 0.2) is 0 Å². The van der Waals surface area contributed by atoms with Gasteiger partial charge in [0.25, 0.3) is 0 Å². The van der Waals surface area contributed by atoms with E-state index in [2.05, 4.69) is 4.98 Å². The first-order chi connectivity index (χ1) is 8.09. The third-order valence-electron chi connectivity index (χ3n) is 3.05. The average Bonchev–Trinajstić information content (AvgIpc) is 2.29. The standard InChI is InChI=1S/C12H17ClN2O2/c1-15(11-4-2-3-10(13)14-11)9-12(16)5-7-17-8-6-12/h2-4,16H,5-9H2,1H3. The molecule has 0 bridgehead atoms. The van der Waals surface area contributed by atoms with E-state index >= 15 is 0 Å². The van der Waals surface area contributed by atoms with Crippen molar-refractivity contribution < 1.29 is 9.84 Å². The zero-order chi connectivity index (χ0) is 12.3. The third-order valence-corrected chi connectivity index (χ3v) is 3.26. The summed E-state index contributed by atoms with van der Waals surface area (Å²) in [5, 5.41) is 10.9. The molecule has 2 heterocycles. The van der Waals surface area contributed by atoms with Crippen molar-refractivity contribution in [3.05, 3.63) is 23.4 Å². The number of halogens is 1. The maximum absolute atomic E-state index is 10.4. The van der Waals surface area contributed by atoms with Gasteiger partial charge in [-0.1, -0.05) is 17.7 Å². The molecule has 0 atom stereocenters. The minimum Gasteiger partial charge on any atom is -0.388 e. The lowest BCUT2D eigenvalue weighted by Crippen LogP contribution is -2.46. The normalized spacial score (nSPS) is 19.0. The minimum absolute atomic E-state index is 0.466. The van der Waals surface area contributed by atoms with Crippen molar-refractivity contribution in [2.24, 2.45) is 0 Å². The van der Waals surface area contributed by atoms with Gasteiger partial charge in [0.2, 0.25) is 0 Å². The van der Waals surface area contributed by atoms with Gasteiger partial charge in [-0.3, -0.25) is 0 Å². The van der Waals surface area contributed by atoms with Crippen LogP contribution in [0.5, 0.6) is 0 Å². The molecule has 1 aliphatic rings. The predicted octanol–water partition coefficient (Wildman–Crippen LogP) is 1.71. The molecule has 0 amide bonds.